The lowest BCUT2D eigenvalue weighted by molar-refractivity contribution is 0.123. The lowest BCUT2D eigenvalue weighted by Gasteiger charge is -2.14. The van der Waals surface area contributed by atoms with Crippen LogP contribution in [0.1, 0.15) is 19.6 Å². The number of nitrogens with one attached hydrogen (secondary N) is 1. The van der Waals surface area contributed by atoms with Crippen molar-refractivity contribution in [1.29, 1.82) is 0 Å². The van der Waals surface area contributed by atoms with Gasteiger partial charge in [0.1, 0.15) is 5.76 Å². The summed E-state index contributed by atoms with van der Waals surface area (Å²) in [5, 5.41) is 12.6. The van der Waals surface area contributed by atoms with Crippen LogP contribution in [0.2, 0.25) is 0 Å². The van der Waals surface area contributed by atoms with Crippen LogP contribution in [0.5, 0.6) is 0 Å². The Bertz CT molecular complexity index is 219. The highest BCUT2D eigenvalue weighted by Gasteiger charge is 2.07. The molecule has 0 aliphatic carbocycles. The maximum atomic E-state index is 9.46. The molecule has 1 unspecified atom stereocenters. The summed E-state index contributed by atoms with van der Waals surface area (Å²) in [5.41, 5.74) is 0. The third kappa shape index (κ3) is 3.61. The van der Waals surface area contributed by atoms with Crippen LogP contribution < -0.4 is 5.32 Å². The normalized spacial score (nSPS) is 13.5. The molecule has 1 rings (SSSR count). The predicted molar refractivity (Wildman–Crippen MR) is 51.3 cm³/mol. The maximum Gasteiger partial charge on any atom is 0.117 e. The standard InChI is InChI=1S/C10H17NO2/c1-8(2)10(12)7-11-6-9-4-3-5-13-9/h3-5,8,10-12H,6-7H2,1-2H3. The fourth-order valence-corrected chi connectivity index (χ4v) is 0.992. The van der Waals surface area contributed by atoms with Gasteiger partial charge < -0.3 is 14.8 Å². The van der Waals surface area contributed by atoms with Crippen molar-refractivity contribution >= 4 is 0 Å². The monoisotopic (exact) mass is 183 g/mol. The van der Waals surface area contributed by atoms with E-state index in [-0.39, 0.29) is 6.10 Å². The van der Waals surface area contributed by atoms with Gasteiger partial charge in [-0.25, -0.2) is 0 Å². The number of aliphatic hydroxyl groups excluding tert-OH is 1. The zero-order chi connectivity index (χ0) is 9.68. The third-order valence-electron chi connectivity index (χ3n) is 2.00. The van der Waals surface area contributed by atoms with Crippen LogP contribution in [0.25, 0.3) is 0 Å². The molecule has 3 heteroatoms. The largest absolute Gasteiger partial charge is 0.468 e. The van der Waals surface area contributed by atoms with Crippen LogP contribution in [-0.4, -0.2) is 17.8 Å². The molecule has 0 fully saturated rings. The SMILES string of the molecule is CC(C)C(O)CNCc1ccco1. The van der Waals surface area contributed by atoms with Gasteiger partial charge in [0, 0.05) is 6.54 Å². The van der Waals surface area contributed by atoms with E-state index in [0.717, 1.165) is 5.76 Å². The molecule has 1 atom stereocenters. The van der Waals surface area contributed by atoms with Gasteiger partial charge in [-0.05, 0) is 18.1 Å². The Morgan fingerprint density at radius 3 is 2.85 bits per heavy atom. The van der Waals surface area contributed by atoms with Gasteiger partial charge in [-0.15, -0.1) is 0 Å². The van der Waals surface area contributed by atoms with Crippen LogP contribution in [0, 0.1) is 5.92 Å². The molecule has 74 valence electrons. The van der Waals surface area contributed by atoms with E-state index in [9.17, 15) is 5.11 Å². The summed E-state index contributed by atoms with van der Waals surface area (Å²) in [5.74, 6) is 1.19. The van der Waals surface area contributed by atoms with E-state index >= 15 is 0 Å². The Hall–Kier alpha value is -0.800. The van der Waals surface area contributed by atoms with E-state index < -0.39 is 0 Å². The van der Waals surface area contributed by atoms with Crippen LogP contribution >= 0.6 is 0 Å². The van der Waals surface area contributed by atoms with E-state index in [0.29, 0.717) is 19.0 Å². The van der Waals surface area contributed by atoms with Crippen molar-refractivity contribution in [3.05, 3.63) is 24.2 Å². The minimum absolute atomic E-state index is 0.282. The molecule has 0 saturated heterocycles. The van der Waals surface area contributed by atoms with E-state index in [4.69, 9.17) is 4.42 Å². The van der Waals surface area contributed by atoms with Crippen molar-refractivity contribution in [3.8, 4) is 0 Å². The zero-order valence-electron chi connectivity index (χ0n) is 8.16. The smallest absolute Gasteiger partial charge is 0.117 e. The van der Waals surface area contributed by atoms with Crippen LogP contribution in [0.3, 0.4) is 0 Å². The van der Waals surface area contributed by atoms with Gasteiger partial charge in [0.25, 0.3) is 0 Å². The third-order valence-corrected chi connectivity index (χ3v) is 2.00. The van der Waals surface area contributed by atoms with Gasteiger partial charge >= 0.3 is 0 Å². The second kappa shape index (κ2) is 5.04. The topological polar surface area (TPSA) is 45.4 Å². The average molecular weight is 183 g/mol. The molecular formula is C10H17NO2. The number of hydrogen-bond donors (Lipinski definition) is 2. The molecule has 1 aromatic heterocycles. The van der Waals surface area contributed by atoms with Gasteiger partial charge in [-0.3, -0.25) is 0 Å². The lowest BCUT2D eigenvalue weighted by Crippen LogP contribution is -2.30. The Kier molecular flexibility index (Phi) is 3.99. The Morgan fingerprint density at radius 2 is 2.31 bits per heavy atom. The van der Waals surface area contributed by atoms with Crippen LogP contribution in [0.4, 0.5) is 0 Å². The highest BCUT2D eigenvalue weighted by Crippen LogP contribution is 2.01. The summed E-state index contributed by atoms with van der Waals surface area (Å²) >= 11 is 0. The molecular weight excluding hydrogens is 166 g/mol. The number of aliphatic hydroxyl groups is 1. The Balaban J connectivity index is 2.14. The van der Waals surface area contributed by atoms with Crippen molar-refractivity contribution in [2.75, 3.05) is 6.54 Å². The lowest BCUT2D eigenvalue weighted by atomic mass is 10.1. The highest BCUT2D eigenvalue weighted by molar-refractivity contribution is 4.97. The van der Waals surface area contributed by atoms with Crippen LogP contribution in [-0.2, 0) is 6.54 Å². The van der Waals surface area contributed by atoms with Gasteiger partial charge in [0.15, 0.2) is 0 Å². The molecule has 13 heavy (non-hydrogen) atoms. The zero-order valence-corrected chi connectivity index (χ0v) is 8.16. The fraction of sp³-hybridized carbons (Fsp3) is 0.600. The van der Waals surface area contributed by atoms with Gasteiger partial charge in [-0.1, -0.05) is 13.8 Å². The van der Waals surface area contributed by atoms with E-state index in [1.54, 1.807) is 6.26 Å². The highest BCUT2D eigenvalue weighted by atomic mass is 16.3. The van der Waals surface area contributed by atoms with Crippen molar-refractivity contribution < 1.29 is 9.52 Å². The molecule has 0 radical (unpaired) electrons. The summed E-state index contributed by atoms with van der Waals surface area (Å²) < 4.78 is 5.13. The molecule has 2 N–H and O–H groups in total. The Morgan fingerprint density at radius 1 is 1.54 bits per heavy atom. The molecule has 1 aromatic rings. The summed E-state index contributed by atoms with van der Waals surface area (Å²) in [7, 11) is 0. The second-order valence-corrected chi connectivity index (χ2v) is 3.52. The summed E-state index contributed by atoms with van der Waals surface area (Å²) in [6.07, 6.45) is 1.37. The molecule has 0 aliphatic heterocycles. The van der Waals surface area contributed by atoms with E-state index in [1.165, 1.54) is 0 Å². The van der Waals surface area contributed by atoms with Crippen molar-refractivity contribution in [2.45, 2.75) is 26.5 Å². The van der Waals surface area contributed by atoms with Gasteiger partial charge in [0.2, 0.25) is 0 Å². The van der Waals surface area contributed by atoms with Crippen molar-refractivity contribution in [3.63, 3.8) is 0 Å². The minimum Gasteiger partial charge on any atom is -0.468 e. The molecule has 0 aliphatic rings. The fourth-order valence-electron chi connectivity index (χ4n) is 0.992. The number of rotatable bonds is 5. The number of hydrogen-bond acceptors (Lipinski definition) is 3. The average Bonchev–Trinajstić information content (AvgIpc) is 2.56. The molecule has 0 aromatic carbocycles. The summed E-state index contributed by atoms with van der Waals surface area (Å²) in [6, 6.07) is 3.77. The molecule has 0 spiro atoms. The van der Waals surface area contributed by atoms with E-state index in [1.807, 2.05) is 26.0 Å². The molecule has 0 bridgehead atoms. The molecule has 1 heterocycles. The molecule has 0 amide bonds. The first-order valence-corrected chi connectivity index (χ1v) is 4.61. The Labute approximate surface area is 78.8 Å². The second-order valence-electron chi connectivity index (χ2n) is 3.52. The first-order chi connectivity index (χ1) is 6.20. The molecule has 3 nitrogen and oxygen atoms in total. The van der Waals surface area contributed by atoms with Crippen molar-refractivity contribution in [2.24, 2.45) is 5.92 Å². The number of furan rings is 1. The van der Waals surface area contributed by atoms with Crippen molar-refractivity contribution in [1.82, 2.24) is 5.32 Å². The molecule has 0 saturated carbocycles. The van der Waals surface area contributed by atoms with Crippen LogP contribution in [0.15, 0.2) is 22.8 Å². The van der Waals surface area contributed by atoms with Gasteiger partial charge in [-0.2, -0.15) is 0 Å². The van der Waals surface area contributed by atoms with E-state index in [2.05, 4.69) is 5.32 Å². The summed E-state index contributed by atoms with van der Waals surface area (Å²) in [4.78, 5) is 0. The predicted octanol–water partition coefficient (Wildman–Crippen LogP) is 1.39. The maximum absolute atomic E-state index is 9.46. The minimum atomic E-state index is -0.282. The van der Waals surface area contributed by atoms with Gasteiger partial charge in [0.05, 0.1) is 18.9 Å². The quantitative estimate of drug-likeness (QED) is 0.725. The first-order valence-electron chi connectivity index (χ1n) is 4.61. The first kappa shape index (κ1) is 10.3. The summed E-state index contributed by atoms with van der Waals surface area (Å²) in [6.45, 7) is 5.29.